The standard InChI is InChI=1S/C24H30N6O/c1-18-16-19(2)30(28-18)23-5-3-4-22(17-23)27-24(31)26-21-9-14-29(15-10-21)13-8-20-6-11-25-12-7-20/h3-7,11-12,16-17,21H,8-10,13-15H2,1-2H3,(H2,26,27,31). The highest BCUT2D eigenvalue weighted by atomic mass is 16.2. The van der Waals surface area contributed by atoms with Gasteiger partial charge in [-0.3, -0.25) is 4.98 Å². The number of carbonyl (C=O) groups excluding carboxylic acids is 1. The van der Waals surface area contributed by atoms with E-state index in [2.05, 4.69) is 37.7 Å². The third-order valence-electron chi connectivity index (χ3n) is 5.75. The number of amides is 2. The molecule has 1 aliphatic rings. The van der Waals surface area contributed by atoms with Gasteiger partial charge in [-0.25, -0.2) is 9.48 Å². The number of likely N-dealkylation sites (tertiary alicyclic amines) is 1. The second-order valence-electron chi connectivity index (χ2n) is 8.21. The Morgan fingerprint density at radius 3 is 2.58 bits per heavy atom. The van der Waals surface area contributed by atoms with Crippen molar-refractivity contribution in [2.75, 3.05) is 25.0 Å². The Balaban J connectivity index is 1.24. The summed E-state index contributed by atoms with van der Waals surface area (Å²) in [6, 6.07) is 14.0. The van der Waals surface area contributed by atoms with Crippen molar-refractivity contribution in [3.8, 4) is 5.69 Å². The number of aryl methyl sites for hydroxylation is 2. The zero-order valence-corrected chi connectivity index (χ0v) is 18.2. The lowest BCUT2D eigenvalue weighted by Crippen LogP contribution is -2.46. The average Bonchev–Trinajstić information content (AvgIpc) is 3.12. The van der Waals surface area contributed by atoms with Gasteiger partial charge in [0, 0.05) is 49.5 Å². The van der Waals surface area contributed by atoms with E-state index in [-0.39, 0.29) is 12.1 Å². The van der Waals surface area contributed by atoms with E-state index < -0.39 is 0 Å². The number of anilines is 1. The highest BCUT2D eigenvalue weighted by molar-refractivity contribution is 5.89. The second kappa shape index (κ2) is 9.75. The zero-order chi connectivity index (χ0) is 21.6. The molecule has 0 bridgehead atoms. The second-order valence-corrected chi connectivity index (χ2v) is 8.21. The topological polar surface area (TPSA) is 75.1 Å². The predicted octanol–water partition coefficient (Wildman–Crippen LogP) is 3.71. The molecule has 2 aromatic heterocycles. The smallest absolute Gasteiger partial charge is 0.319 e. The SMILES string of the molecule is Cc1cc(C)n(-c2cccc(NC(=O)NC3CCN(CCc4ccncc4)CC3)c2)n1. The van der Waals surface area contributed by atoms with Crippen molar-refractivity contribution < 1.29 is 4.79 Å². The molecule has 162 valence electrons. The van der Waals surface area contributed by atoms with Crippen molar-refractivity contribution in [3.05, 3.63) is 71.8 Å². The summed E-state index contributed by atoms with van der Waals surface area (Å²) >= 11 is 0. The van der Waals surface area contributed by atoms with Gasteiger partial charge >= 0.3 is 6.03 Å². The molecule has 0 unspecified atom stereocenters. The molecule has 31 heavy (non-hydrogen) atoms. The third kappa shape index (κ3) is 5.70. The van der Waals surface area contributed by atoms with E-state index in [4.69, 9.17) is 0 Å². The van der Waals surface area contributed by atoms with E-state index in [0.29, 0.717) is 0 Å². The van der Waals surface area contributed by atoms with Crippen molar-refractivity contribution in [2.24, 2.45) is 0 Å². The van der Waals surface area contributed by atoms with E-state index in [1.807, 2.05) is 61.3 Å². The van der Waals surface area contributed by atoms with Crippen LogP contribution in [0.3, 0.4) is 0 Å². The van der Waals surface area contributed by atoms with Gasteiger partial charge in [-0.1, -0.05) is 6.07 Å². The van der Waals surface area contributed by atoms with Crippen LogP contribution in [-0.4, -0.2) is 51.4 Å². The van der Waals surface area contributed by atoms with Crippen LogP contribution < -0.4 is 10.6 Å². The van der Waals surface area contributed by atoms with E-state index in [1.54, 1.807) is 0 Å². The first kappa shape index (κ1) is 21.1. The normalized spacial score (nSPS) is 15.0. The molecule has 1 fully saturated rings. The molecular weight excluding hydrogens is 388 g/mol. The van der Waals surface area contributed by atoms with Gasteiger partial charge in [-0.15, -0.1) is 0 Å². The number of aromatic nitrogens is 3. The molecular formula is C24H30N6O. The molecule has 0 radical (unpaired) electrons. The summed E-state index contributed by atoms with van der Waals surface area (Å²) in [4.78, 5) is 19.1. The van der Waals surface area contributed by atoms with Crippen molar-refractivity contribution in [1.82, 2.24) is 25.0 Å². The summed E-state index contributed by atoms with van der Waals surface area (Å²) in [6.45, 7) is 7.05. The minimum absolute atomic E-state index is 0.152. The van der Waals surface area contributed by atoms with Gasteiger partial charge in [-0.2, -0.15) is 5.10 Å². The molecule has 2 amide bonds. The molecule has 1 aliphatic heterocycles. The fourth-order valence-corrected chi connectivity index (χ4v) is 4.10. The Bertz CT molecular complexity index is 1010. The Labute approximate surface area is 183 Å². The summed E-state index contributed by atoms with van der Waals surface area (Å²) in [5, 5.41) is 10.6. The Hall–Kier alpha value is -3.19. The summed E-state index contributed by atoms with van der Waals surface area (Å²) < 4.78 is 1.89. The molecule has 4 rings (SSSR count). The lowest BCUT2D eigenvalue weighted by Gasteiger charge is -2.32. The van der Waals surface area contributed by atoms with Gasteiger partial charge < -0.3 is 15.5 Å². The lowest BCUT2D eigenvalue weighted by atomic mass is 10.0. The molecule has 7 nitrogen and oxygen atoms in total. The van der Waals surface area contributed by atoms with Gasteiger partial charge in [0.15, 0.2) is 0 Å². The van der Waals surface area contributed by atoms with Crippen molar-refractivity contribution in [3.63, 3.8) is 0 Å². The maximum Gasteiger partial charge on any atom is 0.319 e. The first-order valence-corrected chi connectivity index (χ1v) is 10.9. The summed E-state index contributed by atoms with van der Waals surface area (Å²) in [6.07, 6.45) is 6.66. The van der Waals surface area contributed by atoms with Gasteiger partial charge in [0.1, 0.15) is 0 Å². The highest BCUT2D eigenvalue weighted by Crippen LogP contribution is 2.17. The number of benzene rings is 1. The molecule has 0 aliphatic carbocycles. The lowest BCUT2D eigenvalue weighted by molar-refractivity contribution is 0.197. The monoisotopic (exact) mass is 418 g/mol. The molecule has 1 aromatic carbocycles. The van der Waals surface area contributed by atoms with Gasteiger partial charge in [0.05, 0.1) is 11.4 Å². The van der Waals surface area contributed by atoms with E-state index in [1.165, 1.54) is 5.56 Å². The van der Waals surface area contributed by atoms with Crippen molar-refractivity contribution in [2.45, 2.75) is 39.2 Å². The van der Waals surface area contributed by atoms with Crippen LogP contribution in [0.2, 0.25) is 0 Å². The van der Waals surface area contributed by atoms with Gasteiger partial charge in [0.2, 0.25) is 0 Å². The molecule has 3 aromatic rings. The van der Waals surface area contributed by atoms with Crippen LogP contribution in [-0.2, 0) is 6.42 Å². The van der Waals surface area contributed by atoms with Crippen molar-refractivity contribution >= 4 is 11.7 Å². The van der Waals surface area contributed by atoms with Crippen LogP contribution in [0.25, 0.3) is 5.69 Å². The maximum absolute atomic E-state index is 12.5. The number of carbonyl (C=O) groups is 1. The Morgan fingerprint density at radius 2 is 1.87 bits per heavy atom. The molecule has 2 N–H and O–H groups in total. The molecule has 0 atom stereocenters. The van der Waals surface area contributed by atoms with Crippen LogP contribution in [0.5, 0.6) is 0 Å². The Morgan fingerprint density at radius 1 is 1.10 bits per heavy atom. The first-order chi connectivity index (χ1) is 15.1. The highest BCUT2D eigenvalue weighted by Gasteiger charge is 2.20. The minimum atomic E-state index is -0.152. The van der Waals surface area contributed by atoms with Gasteiger partial charge in [0.25, 0.3) is 0 Å². The number of piperidine rings is 1. The molecule has 1 saturated heterocycles. The van der Waals surface area contributed by atoms with Crippen LogP contribution in [0.4, 0.5) is 10.5 Å². The summed E-state index contributed by atoms with van der Waals surface area (Å²) in [5.41, 5.74) is 5.05. The van der Waals surface area contributed by atoms with E-state index in [9.17, 15) is 4.79 Å². The number of nitrogens with one attached hydrogen (secondary N) is 2. The van der Waals surface area contributed by atoms with Crippen LogP contribution in [0.15, 0.2) is 54.9 Å². The quantitative estimate of drug-likeness (QED) is 0.640. The fraction of sp³-hybridized carbons (Fsp3) is 0.375. The van der Waals surface area contributed by atoms with E-state index in [0.717, 1.165) is 61.7 Å². The number of urea groups is 1. The maximum atomic E-state index is 12.5. The van der Waals surface area contributed by atoms with E-state index >= 15 is 0 Å². The van der Waals surface area contributed by atoms with Crippen molar-refractivity contribution in [1.29, 1.82) is 0 Å². The number of nitrogens with zero attached hydrogens (tertiary/aromatic N) is 4. The van der Waals surface area contributed by atoms with Crippen LogP contribution in [0, 0.1) is 13.8 Å². The Kier molecular flexibility index (Phi) is 6.62. The average molecular weight is 419 g/mol. The largest absolute Gasteiger partial charge is 0.335 e. The minimum Gasteiger partial charge on any atom is -0.335 e. The number of pyridine rings is 1. The summed E-state index contributed by atoms with van der Waals surface area (Å²) in [7, 11) is 0. The summed E-state index contributed by atoms with van der Waals surface area (Å²) in [5.74, 6) is 0. The zero-order valence-electron chi connectivity index (χ0n) is 18.2. The molecule has 3 heterocycles. The number of rotatable bonds is 6. The first-order valence-electron chi connectivity index (χ1n) is 10.9. The van der Waals surface area contributed by atoms with Gasteiger partial charge in [-0.05, 0) is 75.1 Å². The fourth-order valence-electron chi connectivity index (χ4n) is 4.10. The van der Waals surface area contributed by atoms with Crippen LogP contribution in [0.1, 0.15) is 29.8 Å². The van der Waals surface area contributed by atoms with Crippen LogP contribution >= 0.6 is 0 Å². The number of hydrogen-bond donors (Lipinski definition) is 2. The predicted molar refractivity (Wildman–Crippen MR) is 123 cm³/mol. The molecule has 0 spiro atoms. The third-order valence-corrected chi connectivity index (χ3v) is 5.75. The molecule has 0 saturated carbocycles. The number of hydrogen-bond acceptors (Lipinski definition) is 4. The molecule has 7 heteroatoms.